The lowest BCUT2D eigenvalue weighted by Gasteiger charge is -2.33. The minimum absolute atomic E-state index is 0.0131. The zero-order valence-corrected chi connectivity index (χ0v) is 22.1. The molecule has 10 nitrogen and oxygen atoms in total. The minimum atomic E-state index is -4.60. The van der Waals surface area contributed by atoms with Crippen LogP contribution < -0.4 is 10.6 Å². The fourth-order valence-electron chi connectivity index (χ4n) is 4.91. The monoisotopic (exact) mass is 589 g/mol. The first kappa shape index (κ1) is 30.1. The van der Waals surface area contributed by atoms with Crippen LogP contribution in [0.2, 0.25) is 0 Å². The van der Waals surface area contributed by atoms with Crippen LogP contribution in [-0.2, 0) is 11.3 Å². The van der Waals surface area contributed by atoms with Crippen LogP contribution in [0.15, 0.2) is 30.3 Å². The lowest BCUT2D eigenvalue weighted by atomic mass is 9.81. The molecular weight excluding hydrogens is 560 g/mol. The molecule has 1 aliphatic carbocycles. The number of aliphatic hydroxyl groups excluding tert-OH is 1. The van der Waals surface area contributed by atoms with Crippen molar-refractivity contribution in [2.24, 2.45) is 5.92 Å². The average Bonchev–Trinajstić information content (AvgIpc) is 3.45. The van der Waals surface area contributed by atoms with Crippen molar-refractivity contribution in [2.45, 2.75) is 75.9 Å². The number of hydrogen-bond donors (Lipinski definition) is 4. The molecule has 3 amide bonds. The number of halogens is 6. The molecule has 4 rings (SSSR count). The molecule has 224 valence electrons. The molecule has 41 heavy (non-hydrogen) atoms. The Balaban J connectivity index is 1.60. The zero-order chi connectivity index (χ0) is 30.3. The molecule has 0 spiro atoms. The summed E-state index contributed by atoms with van der Waals surface area (Å²) in [5.74, 6) is -4.40. The van der Waals surface area contributed by atoms with Crippen LogP contribution in [0.4, 0.5) is 31.1 Å². The number of urea groups is 1. The molecule has 16 heteroatoms. The van der Waals surface area contributed by atoms with E-state index in [0.717, 1.165) is 18.7 Å². The third-order valence-corrected chi connectivity index (χ3v) is 7.23. The molecule has 0 bridgehead atoms. The van der Waals surface area contributed by atoms with Crippen LogP contribution in [0.3, 0.4) is 0 Å². The van der Waals surface area contributed by atoms with Gasteiger partial charge in [-0.3, -0.25) is 4.79 Å². The number of fused-ring (bicyclic) bond motifs is 1. The smallest absolute Gasteiger partial charge is 0.410 e. The number of alkyl halides is 6. The van der Waals surface area contributed by atoms with Gasteiger partial charge in [0.2, 0.25) is 5.92 Å². The zero-order valence-electron chi connectivity index (χ0n) is 22.1. The van der Waals surface area contributed by atoms with Crippen molar-refractivity contribution in [3.63, 3.8) is 0 Å². The summed E-state index contributed by atoms with van der Waals surface area (Å²) in [4.78, 5) is 30.5. The van der Waals surface area contributed by atoms with E-state index in [1.54, 1.807) is 0 Å². The highest BCUT2D eigenvalue weighted by molar-refractivity contribution is 6.23. The fraction of sp³-hybridized carbons (Fsp3) is 0.560. The Labute approximate surface area is 230 Å². The van der Waals surface area contributed by atoms with Gasteiger partial charge in [-0.15, -0.1) is 0 Å². The standard InChI is InChI=1S/C25H29F6N7O3/c1-23(2,26)20(32)15(12-39)21(40)36-19(14-3-5-24(27,28)6-4-14)16-10-38-18(34-16)7-13(8-33-38)9-37-11-17(25(29,30)31)35-22(37)41/h7-8,10,12,14,17,19,32,39H,3-6,9,11H2,1-2H3,(H,35,41)(H,36,40)/b15-12+,32-20?/t17-,19-/m0/s1. The first-order valence-electron chi connectivity index (χ1n) is 12.8. The van der Waals surface area contributed by atoms with Crippen LogP contribution in [-0.4, -0.2) is 72.6 Å². The number of rotatable bonds is 8. The Bertz CT molecular complexity index is 1360. The molecule has 3 heterocycles. The predicted molar refractivity (Wildman–Crippen MR) is 133 cm³/mol. The molecule has 0 aromatic carbocycles. The van der Waals surface area contributed by atoms with Crippen molar-refractivity contribution in [2.75, 3.05) is 6.54 Å². The third kappa shape index (κ3) is 6.73. The summed E-state index contributed by atoms with van der Waals surface area (Å²) in [6, 6.07) is -2.38. The maximum atomic E-state index is 14.4. The molecule has 4 N–H and O–H groups in total. The van der Waals surface area contributed by atoms with E-state index in [9.17, 15) is 41.0 Å². The van der Waals surface area contributed by atoms with Crippen LogP contribution >= 0.6 is 0 Å². The fourth-order valence-corrected chi connectivity index (χ4v) is 4.91. The van der Waals surface area contributed by atoms with Gasteiger partial charge in [0.15, 0.2) is 5.65 Å². The van der Waals surface area contributed by atoms with Crippen LogP contribution in [0, 0.1) is 11.3 Å². The van der Waals surface area contributed by atoms with E-state index < -0.39 is 78.4 Å². The van der Waals surface area contributed by atoms with E-state index in [2.05, 4.69) is 15.4 Å². The number of amides is 3. The van der Waals surface area contributed by atoms with Gasteiger partial charge >= 0.3 is 12.2 Å². The molecule has 2 fully saturated rings. The molecule has 2 atom stereocenters. The van der Waals surface area contributed by atoms with Crippen LogP contribution in [0.25, 0.3) is 5.65 Å². The van der Waals surface area contributed by atoms with Crippen molar-refractivity contribution < 1.29 is 41.0 Å². The van der Waals surface area contributed by atoms with E-state index in [1.807, 2.05) is 5.32 Å². The molecule has 1 saturated carbocycles. The van der Waals surface area contributed by atoms with Gasteiger partial charge in [-0.25, -0.2) is 27.5 Å². The number of carbonyl (C=O) groups excluding carboxylic acids is 2. The molecule has 0 radical (unpaired) electrons. The highest BCUT2D eigenvalue weighted by Crippen LogP contribution is 2.41. The van der Waals surface area contributed by atoms with Gasteiger partial charge < -0.3 is 26.0 Å². The number of aliphatic hydroxyl groups is 1. The van der Waals surface area contributed by atoms with E-state index >= 15 is 0 Å². The second-order valence-corrected chi connectivity index (χ2v) is 10.8. The summed E-state index contributed by atoms with van der Waals surface area (Å²) in [5.41, 5.74) is -2.91. The summed E-state index contributed by atoms with van der Waals surface area (Å²) in [6.07, 6.45) is -2.38. The average molecular weight is 590 g/mol. The minimum Gasteiger partial charge on any atom is -0.515 e. The number of hydrogen-bond acceptors (Lipinski definition) is 6. The number of imidazole rings is 1. The largest absolute Gasteiger partial charge is 0.515 e. The predicted octanol–water partition coefficient (Wildman–Crippen LogP) is 4.38. The van der Waals surface area contributed by atoms with Gasteiger partial charge in [-0.2, -0.15) is 18.3 Å². The van der Waals surface area contributed by atoms with Crippen molar-refractivity contribution in [1.82, 2.24) is 30.1 Å². The van der Waals surface area contributed by atoms with E-state index in [0.29, 0.717) is 11.8 Å². The maximum absolute atomic E-state index is 14.4. The Hall–Kier alpha value is -3.85. The Morgan fingerprint density at radius 1 is 1.29 bits per heavy atom. The van der Waals surface area contributed by atoms with E-state index in [-0.39, 0.29) is 30.7 Å². The molecule has 0 unspecified atom stereocenters. The van der Waals surface area contributed by atoms with Gasteiger partial charge in [-0.05, 0) is 44.2 Å². The van der Waals surface area contributed by atoms with Gasteiger partial charge in [0.25, 0.3) is 5.91 Å². The summed E-state index contributed by atoms with van der Waals surface area (Å²) < 4.78 is 82.5. The lowest BCUT2D eigenvalue weighted by Crippen LogP contribution is -2.41. The summed E-state index contributed by atoms with van der Waals surface area (Å²) in [5, 5.41) is 26.2. The molecule has 2 aromatic heterocycles. The number of aromatic nitrogens is 3. The number of nitrogens with zero attached hydrogens (tertiary/aromatic N) is 4. The first-order valence-corrected chi connectivity index (χ1v) is 12.8. The normalized spacial score (nSPS) is 21.2. The van der Waals surface area contributed by atoms with Gasteiger partial charge in [0.1, 0.15) is 11.7 Å². The summed E-state index contributed by atoms with van der Waals surface area (Å²) in [6.45, 7) is 1.30. The molecule has 2 aromatic rings. The van der Waals surface area contributed by atoms with Crippen molar-refractivity contribution in [3.8, 4) is 0 Å². The molecule has 2 aliphatic rings. The second kappa shape index (κ2) is 10.9. The Morgan fingerprint density at radius 2 is 1.95 bits per heavy atom. The lowest BCUT2D eigenvalue weighted by molar-refractivity contribution is -0.149. The van der Waals surface area contributed by atoms with Crippen molar-refractivity contribution >= 4 is 23.3 Å². The van der Waals surface area contributed by atoms with E-state index in [1.165, 1.54) is 23.0 Å². The van der Waals surface area contributed by atoms with Crippen molar-refractivity contribution in [1.29, 1.82) is 5.41 Å². The SMILES string of the molecule is CC(C)(F)C(=N)/C(=C\O)C(=O)N[C@H](c1cn2ncc(CN3C[C@@H](C(F)(F)F)NC3=O)cc2n1)C1CCC(F)(F)CC1. The Kier molecular flexibility index (Phi) is 7.97. The van der Waals surface area contributed by atoms with Crippen LogP contribution in [0.5, 0.6) is 0 Å². The topological polar surface area (TPSA) is 136 Å². The number of carbonyl (C=O) groups is 2. The highest BCUT2D eigenvalue weighted by atomic mass is 19.4. The summed E-state index contributed by atoms with van der Waals surface area (Å²) in [7, 11) is 0. The molecule has 1 saturated heterocycles. The van der Waals surface area contributed by atoms with Gasteiger partial charge in [0.05, 0.1) is 48.2 Å². The molecule has 1 aliphatic heterocycles. The Morgan fingerprint density at radius 3 is 2.51 bits per heavy atom. The highest BCUT2D eigenvalue weighted by Gasteiger charge is 2.47. The van der Waals surface area contributed by atoms with Crippen molar-refractivity contribution in [3.05, 3.63) is 41.6 Å². The first-order chi connectivity index (χ1) is 19.0. The maximum Gasteiger partial charge on any atom is 0.410 e. The van der Waals surface area contributed by atoms with Gasteiger partial charge in [0, 0.05) is 19.4 Å². The quantitative estimate of drug-likeness (QED) is 0.157. The third-order valence-electron chi connectivity index (χ3n) is 7.23. The summed E-state index contributed by atoms with van der Waals surface area (Å²) >= 11 is 0. The van der Waals surface area contributed by atoms with Gasteiger partial charge in [-0.1, -0.05) is 0 Å². The van der Waals surface area contributed by atoms with Crippen LogP contribution in [0.1, 0.15) is 56.8 Å². The van der Waals surface area contributed by atoms with E-state index in [4.69, 9.17) is 5.41 Å². The number of nitrogens with one attached hydrogen (secondary N) is 3. The second-order valence-electron chi connectivity index (χ2n) is 10.8. The molecular formula is C25H29F6N7O3.